The highest BCUT2D eigenvalue weighted by Gasteiger charge is 2.24. The highest BCUT2D eigenvalue weighted by atomic mass is 35.5. The number of benzene rings is 2. The summed E-state index contributed by atoms with van der Waals surface area (Å²) in [5.74, 6) is 0.509. The molecule has 0 saturated heterocycles. The van der Waals surface area contributed by atoms with Crippen LogP contribution in [-0.4, -0.2) is 39.6 Å². The molecule has 3 rings (SSSR count). The molecule has 2 amide bonds. The molecule has 0 spiro atoms. The minimum absolute atomic E-state index is 0.0575. The van der Waals surface area contributed by atoms with E-state index in [1.165, 1.54) is 0 Å². The predicted molar refractivity (Wildman–Crippen MR) is 142 cm³/mol. The molecule has 3 aromatic rings. The molecule has 0 aliphatic rings. The molecule has 1 N–H and O–H groups in total. The van der Waals surface area contributed by atoms with Crippen LogP contribution < -0.4 is 5.32 Å². The molecule has 0 aliphatic carbocycles. The highest BCUT2D eigenvalue weighted by molar-refractivity contribution is 6.30. The minimum atomic E-state index is -0.273. The summed E-state index contributed by atoms with van der Waals surface area (Å²) >= 11 is 5.99. The number of nitrogens with zero attached hydrogens (tertiary/aromatic N) is 3. The van der Waals surface area contributed by atoms with Crippen molar-refractivity contribution in [2.24, 2.45) is 5.92 Å². The fourth-order valence-electron chi connectivity index (χ4n) is 3.59. The van der Waals surface area contributed by atoms with E-state index in [2.05, 4.69) is 39.9 Å². The number of carbonyl (C=O) groups is 2. The van der Waals surface area contributed by atoms with Gasteiger partial charge in [0.2, 0.25) is 5.91 Å². The summed E-state index contributed by atoms with van der Waals surface area (Å²) in [6.45, 7) is 12.9. The quantitative estimate of drug-likeness (QED) is 0.402. The summed E-state index contributed by atoms with van der Waals surface area (Å²) in [5, 5.41) is 8.35. The number of carbonyl (C=O) groups excluding carboxylic acids is 2. The van der Waals surface area contributed by atoms with E-state index < -0.39 is 0 Å². The Bertz CT molecular complexity index is 1180. The molecule has 186 valence electrons. The molecule has 1 heterocycles. The number of hydrogen-bond acceptors (Lipinski definition) is 3. The predicted octanol–water partition coefficient (Wildman–Crippen LogP) is 6.26. The van der Waals surface area contributed by atoms with Gasteiger partial charge in [-0.15, -0.1) is 0 Å². The third-order valence-electron chi connectivity index (χ3n) is 5.68. The topological polar surface area (TPSA) is 67.2 Å². The fourth-order valence-corrected chi connectivity index (χ4v) is 3.72. The molecular weight excluding hydrogens is 460 g/mol. The number of rotatable bonds is 8. The zero-order valence-corrected chi connectivity index (χ0v) is 22.2. The number of amides is 2. The highest BCUT2D eigenvalue weighted by Crippen LogP contribution is 2.26. The number of nitrogens with one attached hydrogen (secondary N) is 1. The van der Waals surface area contributed by atoms with E-state index in [4.69, 9.17) is 16.7 Å². The van der Waals surface area contributed by atoms with Crippen molar-refractivity contribution in [3.8, 4) is 5.69 Å². The zero-order valence-electron chi connectivity index (χ0n) is 21.4. The first-order valence-electron chi connectivity index (χ1n) is 12.0. The van der Waals surface area contributed by atoms with Gasteiger partial charge in [-0.3, -0.25) is 9.59 Å². The summed E-state index contributed by atoms with van der Waals surface area (Å²) < 4.78 is 1.75. The van der Waals surface area contributed by atoms with Crippen LogP contribution in [0.5, 0.6) is 0 Å². The van der Waals surface area contributed by atoms with Gasteiger partial charge in [-0.1, -0.05) is 58.4 Å². The summed E-state index contributed by atoms with van der Waals surface area (Å²) in [4.78, 5) is 28.0. The molecule has 0 atom stereocenters. The Balaban J connectivity index is 1.86. The van der Waals surface area contributed by atoms with E-state index in [0.29, 0.717) is 28.9 Å². The summed E-state index contributed by atoms with van der Waals surface area (Å²) in [6.07, 6.45) is 0.794. The van der Waals surface area contributed by atoms with E-state index in [-0.39, 0.29) is 23.8 Å². The monoisotopic (exact) mass is 494 g/mol. The summed E-state index contributed by atoms with van der Waals surface area (Å²) in [7, 11) is 0. The van der Waals surface area contributed by atoms with E-state index in [0.717, 1.165) is 23.4 Å². The largest absolute Gasteiger partial charge is 0.329 e. The van der Waals surface area contributed by atoms with Gasteiger partial charge in [-0.25, -0.2) is 4.68 Å². The first-order valence-corrected chi connectivity index (χ1v) is 12.3. The van der Waals surface area contributed by atoms with Crippen LogP contribution in [-0.2, 0) is 10.2 Å². The lowest BCUT2D eigenvalue weighted by Gasteiger charge is -2.23. The lowest BCUT2D eigenvalue weighted by Crippen LogP contribution is -2.39. The van der Waals surface area contributed by atoms with Crippen LogP contribution in [0.2, 0.25) is 5.02 Å². The first-order chi connectivity index (χ1) is 16.4. The normalized spacial score (nSPS) is 11.5. The summed E-state index contributed by atoms with van der Waals surface area (Å²) in [5.41, 5.74) is 3.14. The molecule has 35 heavy (non-hydrogen) atoms. The fraction of sp³-hybridized carbons (Fsp3) is 0.393. The molecule has 0 fully saturated rings. The van der Waals surface area contributed by atoms with Gasteiger partial charge >= 0.3 is 0 Å². The van der Waals surface area contributed by atoms with Crippen LogP contribution in [0.3, 0.4) is 0 Å². The number of aryl methyl sites for hydroxylation is 1. The van der Waals surface area contributed by atoms with Crippen LogP contribution in [0, 0.1) is 12.8 Å². The standard InChI is InChI=1S/C28H35ClN4O2/c1-19(2)14-15-32(27(35)21-10-12-22(29)13-11-21)18-26(34)30-25-17-24(28(4,5)6)31-33(25)23-9-7-8-20(3)16-23/h7-13,16-17,19H,14-15,18H2,1-6H3,(H,30,34). The Morgan fingerprint density at radius 2 is 1.77 bits per heavy atom. The van der Waals surface area contributed by atoms with Gasteiger partial charge < -0.3 is 10.2 Å². The van der Waals surface area contributed by atoms with E-state index in [1.54, 1.807) is 33.8 Å². The molecule has 0 aliphatic heterocycles. The second kappa shape index (κ2) is 11.1. The Morgan fingerprint density at radius 3 is 2.37 bits per heavy atom. The molecule has 0 bridgehead atoms. The van der Waals surface area contributed by atoms with Crippen molar-refractivity contribution in [2.75, 3.05) is 18.4 Å². The van der Waals surface area contributed by atoms with Gasteiger partial charge in [0.25, 0.3) is 5.91 Å². The zero-order chi connectivity index (χ0) is 25.8. The SMILES string of the molecule is Cc1cccc(-n2nc(C(C)(C)C)cc2NC(=O)CN(CCC(C)C)C(=O)c2ccc(Cl)cc2)c1. The Kier molecular flexibility index (Phi) is 8.39. The van der Waals surface area contributed by atoms with Crippen molar-refractivity contribution in [1.29, 1.82) is 0 Å². The van der Waals surface area contributed by atoms with Gasteiger partial charge in [-0.2, -0.15) is 5.10 Å². The average Bonchev–Trinajstić information content (AvgIpc) is 3.21. The lowest BCUT2D eigenvalue weighted by molar-refractivity contribution is -0.117. The van der Waals surface area contributed by atoms with E-state index in [9.17, 15) is 9.59 Å². The average molecular weight is 495 g/mol. The van der Waals surface area contributed by atoms with Crippen LogP contribution >= 0.6 is 11.6 Å². The van der Waals surface area contributed by atoms with Crippen LogP contribution in [0.25, 0.3) is 5.69 Å². The van der Waals surface area contributed by atoms with Crippen molar-refractivity contribution in [3.63, 3.8) is 0 Å². The van der Waals surface area contributed by atoms with Crippen molar-refractivity contribution >= 4 is 29.2 Å². The molecule has 0 unspecified atom stereocenters. The lowest BCUT2D eigenvalue weighted by atomic mass is 9.92. The first kappa shape index (κ1) is 26.5. The van der Waals surface area contributed by atoms with Crippen molar-refractivity contribution in [3.05, 3.63) is 76.4 Å². The Hall–Kier alpha value is -3.12. The Labute approximate surface area is 213 Å². The van der Waals surface area contributed by atoms with Crippen LogP contribution in [0.1, 0.15) is 62.7 Å². The van der Waals surface area contributed by atoms with Gasteiger partial charge in [0, 0.05) is 28.6 Å². The number of halogens is 1. The maximum atomic E-state index is 13.2. The van der Waals surface area contributed by atoms with Crippen molar-refractivity contribution in [2.45, 2.75) is 53.4 Å². The second-order valence-corrected chi connectivity index (χ2v) is 10.8. The molecule has 2 aromatic carbocycles. The van der Waals surface area contributed by atoms with Crippen LogP contribution in [0.15, 0.2) is 54.6 Å². The maximum absolute atomic E-state index is 13.2. The molecular formula is C28H35ClN4O2. The number of anilines is 1. The van der Waals surface area contributed by atoms with Gasteiger partial charge in [-0.05, 0) is 61.2 Å². The van der Waals surface area contributed by atoms with Gasteiger partial charge in [0.15, 0.2) is 0 Å². The van der Waals surface area contributed by atoms with Crippen molar-refractivity contribution < 1.29 is 9.59 Å². The second-order valence-electron chi connectivity index (χ2n) is 10.4. The molecule has 6 nitrogen and oxygen atoms in total. The summed E-state index contributed by atoms with van der Waals surface area (Å²) in [6, 6.07) is 16.6. The molecule has 0 radical (unpaired) electrons. The molecule has 1 aromatic heterocycles. The van der Waals surface area contributed by atoms with Gasteiger partial charge in [0.05, 0.1) is 11.4 Å². The number of aromatic nitrogens is 2. The molecule has 7 heteroatoms. The van der Waals surface area contributed by atoms with E-state index in [1.807, 2.05) is 37.3 Å². The third kappa shape index (κ3) is 7.18. The molecule has 0 saturated carbocycles. The van der Waals surface area contributed by atoms with Crippen molar-refractivity contribution in [1.82, 2.24) is 14.7 Å². The van der Waals surface area contributed by atoms with Gasteiger partial charge in [0.1, 0.15) is 12.4 Å². The minimum Gasteiger partial charge on any atom is -0.329 e. The maximum Gasteiger partial charge on any atom is 0.254 e. The van der Waals surface area contributed by atoms with E-state index >= 15 is 0 Å². The number of hydrogen-bond donors (Lipinski definition) is 1. The smallest absolute Gasteiger partial charge is 0.254 e. The third-order valence-corrected chi connectivity index (χ3v) is 5.93. The van der Waals surface area contributed by atoms with Crippen LogP contribution in [0.4, 0.5) is 5.82 Å². The Morgan fingerprint density at radius 1 is 1.09 bits per heavy atom.